The lowest BCUT2D eigenvalue weighted by atomic mass is 10.2. The number of hydrogen-bond donors (Lipinski definition) is 1. The number of methoxy groups -OCH3 is 1. The van der Waals surface area contributed by atoms with Crippen molar-refractivity contribution in [3.05, 3.63) is 23.8 Å². The zero-order valence-corrected chi connectivity index (χ0v) is 8.04. The normalized spacial score (nSPS) is 9.77. The topological polar surface area (TPSA) is 44.5 Å². The van der Waals surface area contributed by atoms with E-state index >= 15 is 0 Å². The van der Waals surface area contributed by atoms with Crippen LogP contribution in [0.5, 0.6) is 11.5 Å². The van der Waals surface area contributed by atoms with Crippen molar-refractivity contribution < 1.29 is 9.47 Å². The Hall–Kier alpha value is -1.22. The van der Waals surface area contributed by atoms with Gasteiger partial charge in [-0.3, -0.25) is 0 Å². The van der Waals surface area contributed by atoms with Crippen molar-refractivity contribution in [2.24, 2.45) is 5.73 Å². The molecular formula is C10H15NO2. The van der Waals surface area contributed by atoms with Crippen LogP contribution in [0.2, 0.25) is 0 Å². The summed E-state index contributed by atoms with van der Waals surface area (Å²) in [5.74, 6) is 1.65. The highest BCUT2D eigenvalue weighted by Gasteiger charge is 2.02. The second kappa shape index (κ2) is 4.72. The summed E-state index contributed by atoms with van der Waals surface area (Å²) in [6, 6.07) is 5.64. The van der Waals surface area contributed by atoms with Crippen molar-refractivity contribution in [2.75, 3.05) is 13.7 Å². The Kier molecular flexibility index (Phi) is 3.58. The van der Waals surface area contributed by atoms with Crippen LogP contribution < -0.4 is 15.2 Å². The third kappa shape index (κ3) is 2.36. The second-order valence-electron chi connectivity index (χ2n) is 2.61. The van der Waals surface area contributed by atoms with Crippen LogP contribution in [0.15, 0.2) is 18.2 Å². The molecule has 0 aliphatic carbocycles. The number of benzene rings is 1. The molecule has 1 aromatic carbocycles. The van der Waals surface area contributed by atoms with E-state index in [0.717, 1.165) is 17.1 Å². The first kappa shape index (κ1) is 9.86. The van der Waals surface area contributed by atoms with Gasteiger partial charge in [-0.2, -0.15) is 0 Å². The average molecular weight is 181 g/mol. The lowest BCUT2D eigenvalue weighted by molar-refractivity contribution is 0.335. The molecule has 3 heteroatoms. The van der Waals surface area contributed by atoms with E-state index in [4.69, 9.17) is 15.2 Å². The van der Waals surface area contributed by atoms with Crippen molar-refractivity contribution >= 4 is 0 Å². The van der Waals surface area contributed by atoms with Gasteiger partial charge in [0.05, 0.1) is 13.7 Å². The third-order valence-electron chi connectivity index (χ3n) is 1.79. The van der Waals surface area contributed by atoms with Crippen LogP contribution in [-0.4, -0.2) is 13.7 Å². The molecule has 0 fully saturated rings. The van der Waals surface area contributed by atoms with Crippen LogP contribution >= 0.6 is 0 Å². The molecule has 1 rings (SSSR count). The largest absolute Gasteiger partial charge is 0.497 e. The molecule has 3 nitrogen and oxygen atoms in total. The Bertz CT molecular complexity index is 274. The fourth-order valence-electron chi connectivity index (χ4n) is 1.14. The van der Waals surface area contributed by atoms with E-state index in [0.29, 0.717) is 13.2 Å². The third-order valence-corrected chi connectivity index (χ3v) is 1.79. The van der Waals surface area contributed by atoms with E-state index in [1.807, 2.05) is 25.1 Å². The van der Waals surface area contributed by atoms with E-state index < -0.39 is 0 Å². The molecule has 72 valence electrons. The maximum absolute atomic E-state index is 5.57. The number of ether oxygens (including phenoxy) is 2. The van der Waals surface area contributed by atoms with Crippen molar-refractivity contribution in [1.29, 1.82) is 0 Å². The van der Waals surface area contributed by atoms with E-state index in [1.54, 1.807) is 7.11 Å². The molecule has 0 aliphatic heterocycles. The zero-order chi connectivity index (χ0) is 9.68. The highest BCUT2D eigenvalue weighted by molar-refractivity contribution is 5.40. The predicted octanol–water partition coefficient (Wildman–Crippen LogP) is 1.55. The van der Waals surface area contributed by atoms with E-state index in [9.17, 15) is 0 Å². The maximum atomic E-state index is 5.57. The summed E-state index contributed by atoms with van der Waals surface area (Å²) in [7, 11) is 1.63. The van der Waals surface area contributed by atoms with E-state index in [2.05, 4.69) is 0 Å². The van der Waals surface area contributed by atoms with Crippen molar-refractivity contribution in [3.63, 3.8) is 0 Å². The summed E-state index contributed by atoms with van der Waals surface area (Å²) in [6.45, 7) is 3.07. The lowest BCUT2D eigenvalue weighted by Gasteiger charge is -2.09. The number of nitrogens with two attached hydrogens (primary N) is 1. The molecule has 0 saturated carbocycles. The molecule has 13 heavy (non-hydrogen) atoms. The first-order valence-corrected chi connectivity index (χ1v) is 4.31. The van der Waals surface area contributed by atoms with Gasteiger partial charge in [0.2, 0.25) is 0 Å². The molecule has 0 bridgehead atoms. The Balaban J connectivity index is 2.93. The fraction of sp³-hybridized carbons (Fsp3) is 0.400. The monoisotopic (exact) mass is 181 g/mol. The van der Waals surface area contributed by atoms with Gasteiger partial charge in [0.15, 0.2) is 0 Å². The lowest BCUT2D eigenvalue weighted by Crippen LogP contribution is -2.02. The standard InChI is InChI=1S/C10H15NO2/c1-3-13-10-5-4-9(12-2)6-8(10)7-11/h4-6H,3,7,11H2,1-2H3. The minimum absolute atomic E-state index is 0.465. The summed E-state index contributed by atoms with van der Waals surface area (Å²) in [4.78, 5) is 0. The molecule has 0 saturated heterocycles. The van der Waals surface area contributed by atoms with Crippen LogP contribution in [0.1, 0.15) is 12.5 Å². The smallest absolute Gasteiger partial charge is 0.124 e. The molecular weight excluding hydrogens is 166 g/mol. The van der Waals surface area contributed by atoms with Crippen LogP contribution in [-0.2, 0) is 6.54 Å². The second-order valence-corrected chi connectivity index (χ2v) is 2.61. The van der Waals surface area contributed by atoms with Crippen LogP contribution in [0.25, 0.3) is 0 Å². The highest BCUT2D eigenvalue weighted by Crippen LogP contribution is 2.23. The quantitative estimate of drug-likeness (QED) is 0.766. The van der Waals surface area contributed by atoms with Crippen LogP contribution in [0.3, 0.4) is 0 Å². The molecule has 0 aromatic heterocycles. The first-order valence-electron chi connectivity index (χ1n) is 4.31. The molecule has 0 unspecified atom stereocenters. The Morgan fingerprint density at radius 2 is 2.15 bits per heavy atom. The van der Waals surface area contributed by atoms with Gasteiger partial charge in [-0.15, -0.1) is 0 Å². The van der Waals surface area contributed by atoms with E-state index in [-0.39, 0.29) is 0 Å². The maximum Gasteiger partial charge on any atom is 0.124 e. The van der Waals surface area contributed by atoms with Gasteiger partial charge >= 0.3 is 0 Å². The van der Waals surface area contributed by atoms with Gasteiger partial charge in [-0.1, -0.05) is 0 Å². The Morgan fingerprint density at radius 3 is 2.69 bits per heavy atom. The Labute approximate surface area is 78.5 Å². The molecule has 0 amide bonds. The first-order chi connectivity index (χ1) is 6.31. The molecule has 2 N–H and O–H groups in total. The zero-order valence-electron chi connectivity index (χ0n) is 8.04. The Morgan fingerprint density at radius 1 is 1.38 bits per heavy atom. The van der Waals surface area contributed by atoms with Crippen molar-refractivity contribution in [1.82, 2.24) is 0 Å². The van der Waals surface area contributed by atoms with E-state index in [1.165, 1.54) is 0 Å². The highest BCUT2D eigenvalue weighted by atomic mass is 16.5. The number of hydrogen-bond acceptors (Lipinski definition) is 3. The summed E-state index contributed by atoms with van der Waals surface area (Å²) >= 11 is 0. The predicted molar refractivity (Wildman–Crippen MR) is 52.1 cm³/mol. The SMILES string of the molecule is CCOc1ccc(OC)cc1CN. The van der Waals surface area contributed by atoms with Crippen molar-refractivity contribution in [2.45, 2.75) is 13.5 Å². The van der Waals surface area contributed by atoms with Gasteiger partial charge in [-0.25, -0.2) is 0 Å². The van der Waals surface area contributed by atoms with Gasteiger partial charge in [0.25, 0.3) is 0 Å². The molecule has 0 spiro atoms. The van der Waals surface area contributed by atoms with Gasteiger partial charge < -0.3 is 15.2 Å². The average Bonchev–Trinajstić information content (AvgIpc) is 2.19. The molecule has 0 heterocycles. The minimum Gasteiger partial charge on any atom is -0.497 e. The van der Waals surface area contributed by atoms with Gasteiger partial charge in [0, 0.05) is 12.1 Å². The summed E-state index contributed by atoms with van der Waals surface area (Å²) in [5, 5.41) is 0. The molecule has 0 atom stereocenters. The number of rotatable bonds is 4. The van der Waals surface area contributed by atoms with Crippen LogP contribution in [0.4, 0.5) is 0 Å². The molecule has 1 aromatic rings. The fourth-order valence-corrected chi connectivity index (χ4v) is 1.14. The van der Waals surface area contributed by atoms with Gasteiger partial charge in [-0.05, 0) is 25.1 Å². The molecule has 0 aliphatic rings. The van der Waals surface area contributed by atoms with Crippen molar-refractivity contribution in [3.8, 4) is 11.5 Å². The molecule has 0 radical (unpaired) electrons. The minimum atomic E-state index is 0.465. The summed E-state index contributed by atoms with van der Waals surface area (Å²) in [5.41, 5.74) is 6.54. The summed E-state index contributed by atoms with van der Waals surface area (Å²) < 4.78 is 10.5. The van der Waals surface area contributed by atoms with Gasteiger partial charge in [0.1, 0.15) is 11.5 Å². The summed E-state index contributed by atoms with van der Waals surface area (Å²) in [6.07, 6.45) is 0. The van der Waals surface area contributed by atoms with Crippen LogP contribution in [0, 0.1) is 0 Å².